The van der Waals surface area contributed by atoms with E-state index in [0.29, 0.717) is 5.90 Å². The molecule has 1 spiro atoms. The number of likely N-dealkylation sites (tertiary alicyclic amines) is 1. The monoisotopic (exact) mass is 372 g/mol. The highest BCUT2D eigenvalue weighted by atomic mass is 16.5. The first kappa shape index (κ1) is 17.3. The lowest BCUT2D eigenvalue weighted by Crippen LogP contribution is -2.42. The third-order valence-corrected chi connectivity index (χ3v) is 6.16. The van der Waals surface area contributed by atoms with Crippen molar-refractivity contribution in [3.63, 3.8) is 0 Å². The number of nitrogens with zero attached hydrogens (tertiary/aromatic N) is 1. The van der Waals surface area contributed by atoms with Crippen LogP contribution in [-0.2, 0) is 16.9 Å². The zero-order valence-corrected chi connectivity index (χ0v) is 16.1. The second kappa shape index (κ2) is 6.64. The molecule has 0 atom stereocenters. The molecule has 0 amide bonds. The molecule has 1 saturated heterocycles. The number of benzene rings is 3. The lowest BCUT2D eigenvalue weighted by Gasteiger charge is -2.39. The van der Waals surface area contributed by atoms with Crippen LogP contribution < -0.4 is 4.74 Å². The van der Waals surface area contributed by atoms with Gasteiger partial charge in [-0.1, -0.05) is 42.5 Å². The molecule has 4 nitrogen and oxygen atoms in total. The summed E-state index contributed by atoms with van der Waals surface area (Å²) in [5, 5.41) is 10.8. The van der Waals surface area contributed by atoms with Crippen LogP contribution in [0.15, 0.2) is 60.7 Å². The maximum atomic E-state index is 8.39. The summed E-state index contributed by atoms with van der Waals surface area (Å²) in [6.07, 6.45) is 1.82. The fourth-order valence-corrected chi connectivity index (χ4v) is 4.67. The minimum Gasteiger partial charge on any atom is -0.497 e. The van der Waals surface area contributed by atoms with Gasteiger partial charge in [0.05, 0.1) is 7.11 Å². The molecule has 5 rings (SSSR count). The molecule has 4 heteroatoms. The highest BCUT2D eigenvalue weighted by Gasteiger charge is 2.46. The van der Waals surface area contributed by atoms with Crippen LogP contribution in [0.25, 0.3) is 10.8 Å². The molecule has 28 heavy (non-hydrogen) atoms. The van der Waals surface area contributed by atoms with E-state index in [1.807, 2.05) is 12.1 Å². The lowest BCUT2D eigenvalue weighted by molar-refractivity contribution is -0.00416. The van der Waals surface area contributed by atoms with Crippen molar-refractivity contribution in [2.24, 2.45) is 0 Å². The third kappa shape index (κ3) is 2.76. The first-order valence-electron chi connectivity index (χ1n) is 9.84. The van der Waals surface area contributed by atoms with Gasteiger partial charge in [-0.15, -0.1) is 0 Å². The van der Waals surface area contributed by atoms with E-state index < -0.39 is 0 Å². The molecule has 142 valence electrons. The minimum atomic E-state index is -0.357. The van der Waals surface area contributed by atoms with Gasteiger partial charge in [0.15, 0.2) is 0 Å². The van der Waals surface area contributed by atoms with Gasteiger partial charge in [-0.3, -0.25) is 10.3 Å². The maximum Gasteiger partial charge on any atom is 0.214 e. The Morgan fingerprint density at radius 3 is 2.50 bits per heavy atom. The second-order valence-electron chi connectivity index (χ2n) is 7.76. The van der Waals surface area contributed by atoms with Gasteiger partial charge >= 0.3 is 0 Å². The first-order valence-corrected chi connectivity index (χ1v) is 9.84. The molecule has 3 aromatic rings. The highest BCUT2D eigenvalue weighted by Crippen LogP contribution is 2.47. The van der Waals surface area contributed by atoms with Gasteiger partial charge in [0.2, 0.25) is 5.90 Å². The maximum absolute atomic E-state index is 8.39. The van der Waals surface area contributed by atoms with E-state index in [4.69, 9.17) is 14.9 Å². The van der Waals surface area contributed by atoms with Gasteiger partial charge in [-0.25, -0.2) is 0 Å². The van der Waals surface area contributed by atoms with Crippen molar-refractivity contribution in [1.82, 2.24) is 4.90 Å². The summed E-state index contributed by atoms with van der Waals surface area (Å²) in [6.45, 7) is 2.85. The Kier molecular flexibility index (Phi) is 4.09. The summed E-state index contributed by atoms with van der Waals surface area (Å²) in [7, 11) is 1.69. The molecule has 2 aliphatic rings. The van der Waals surface area contributed by atoms with Crippen molar-refractivity contribution < 1.29 is 9.47 Å². The summed E-state index contributed by atoms with van der Waals surface area (Å²) in [4.78, 5) is 2.48. The molecule has 0 aromatic heterocycles. The Labute approximate surface area is 165 Å². The molecule has 1 fully saturated rings. The molecular weight excluding hydrogens is 348 g/mol. The van der Waals surface area contributed by atoms with Crippen molar-refractivity contribution in [2.45, 2.75) is 25.0 Å². The van der Waals surface area contributed by atoms with Gasteiger partial charge in [-0.05, 0) is 34.5 Å². The highest BCUT2D eigenvalue weighted by molar-refractivity contribution is 6.03. The van der Waals surface area contributed by atoms with E-state index in [-0.39, 0.29) is 5.60 Å². The predicted octanol–water partition coefficient (Wildman–Crippen LogP) is 4.70. The standard InChI is InChI=1S/C24H24N2O2/c1-27-19-9-6-17(7-10-19)16-26-14-12-24(13-15-26)22-20-5-3-2-4-18(20)8-11-21(22)23(25)28-24/h2-11,25H,12-16H2,1H3. The topological polar surface area (TPSA) is 45.6 Å². The molecule has 0 radical (unpaired) electrons. The number of hydrogen-bond donors (Lipinski definition) is 1. The van der Waals surface area contributed by atoms with E-state index in [0.717, 1.165) is 43.8 Å². The van der Waals surface area contributed by atoms with Crippen LogP contribution in [0.2, 0.25) is 0 Å². The Morgan fingerprint density at radius 2 is 1.75 bits per heavy atom. The van der Waals surface area contributed by atoms with Gasteiger partial charge in [-0.2, -0.15) is 0 Å². The summed E-state index contributed by atoms with van der Waals surface area (Å²) in [6, 6.07) is 20.9. The Bertz CT molecular complexity index is 1030. The average molecular weight is 372 g/mol. The smallest absolute Gasteiger partial charge is 0.214 e. The molecule has 1 N–H and O–H groups in total. The van der Waals surface area contributed by atoms with Crippen LogP contribution in [0.1, 0.15) is 29.5 Å². The van der Waals surface area contributed by atoms with Gasteiger partial charge in [0, 0.05) is 43.6 Å². The molecule has 0 saturated carbocycles. The Morgan fingerprint density at radius 1 is 1.00 bits per heavy atom. The van der Waals surface area contributed by atoms with E-state index in [2.05, 4.69) is 53.4 Å². The van der Waals surface area contributed by atoms with Crippen molar-refractivity contribution in [1.29, 1.82) is 5.41 Å². The summed E-state index contributed by atoms with van der Waals surface area (Å²) >= 11 is 0. The third-order valence-electron chi connectivity index (χ3n) is 6.16. The van der Waals surface area contributed by atoms with Crippen LogP contribution in [0.3, 0.4) is 0 Å². The summed E-state index contributed by atoms with van der Waals surface area (Å²) in [5.74, 6) is 1.21. The quantitative estimate of drug-likeness (QED) is 0.725. The number of piperidine rings is 1. The minimum absolute atomic E-state index is 0.323. The molecule has 0 aliphatic carbocycles. The van der Waals surface area contributed by atoms with Crippen molar-refractivity contribution in [2.75, 3.05) is 20.2 Å². The average Bonchev–Trinajstić information content (AvgIpc) is 3.02. The number of fused-ring (bicyclic) bond motifs is 4. The summed E-state index contributed by atoms with van der Waals surface area (Å²) in [5.41, 5.74) is 3.12. The largest absolute Gasteiger partial charge is 0.497 e. The van der Waals surface area contributed by atoms with Crippen molar-refractivity contribution >= 4 is 16.7 Å². The lowest BCUT2D eigenvalue weighted by atomic mass is 9.81. The van der Waals surface area contributed by atoms with Crippen LogP contribution in [0.4, 0.5) is 0 Å². The Balaban J connectivity index is 1.39. The fourth-order valence-electron chi connectivity index (χ4n) is 4.67. The zero-order valence-electron chi connectivity index (χ0n) is 16.1. The SMILES string of the molecule is COc1ccc(CN2CCC3(CC2)OC(=N)c2ccc4ccccc4c23)cc1. The number of ether oxygens (including phenoxy) is 2. The van der Waals surface area contributed by atoms with Crippen molar-refractivity contribution in [3.8, 4) is 5.75 Å². The number of rotatable bonds is 3. The molecule has 0 unspecified atom stereocenters. The van der Waals surface area contributed by atoms with E-state index in [1.54, 1.807) is 7.11 Å². The molecule has 0 bridgehead atoms. The number of hydrogen-bond acceptors (Lipinski definition) is 4. The van der Waals surface area contributed by atoms with Crippen LogP contribution in [0, 0.1) is 5.41 Å². The van der Waals surface area contributed by atoms with Crippen LogP contribution >= 0.6 is 0 Å². The molecule has 2 heterocycles. The van der Waals surface area contributed by atoms with Crippen molar-refractivity contribution in [3.05, 3.63) is 77.4 Å². The van der Waals surface area contributed by atoms with E-state index in [9.17, 15) is 0 Å². The van der Waals surface area contributed by atoms with E-state index in [1.165, 1.54) is 21.9 Å². The predicted molar refractivity (Wildman–Crippen MR) is 111 cm³/mol. The molecule has 2 aliphatic heterocycles. The second-order valence-corrected chi connectivity index (χ2v) is 7.76. The fraction of sp³-hybridized carbons (Fsp3) is 0.292. The summed E-state index contributed by atoms with van der Waals surface area (Å²) < 4.78 is 11.5. The van der Waals surface area contributed by atoms with Crippen LogP contribution in [-0.4, -0.2) is 31.0 Å². The van der Waals surface area contributed by atoms with Gasteiger partial charge in [0.1, 0.15) is 11.4 Å². The zero-order chi connectivity index (χ0) is 19.1. The van der Waals surface area contributed by atoms with E-state index >= 15 is 0 Å². The Hall–Kier alpha value is -2.85. The number of nitrogens with one attached hydrogen (secondary N) is 1. The number of methoxy groups -OCH3 is 1. The van der Waals surface area contributed by atoms with Gasteiger partial charge < -0.3 is 9.47 Å². The van der Waals surface area contributed by atoms with Gasteiger partial charge in [0.25, 0.3) is 0 Å². The normalized spacial score (nSPS) is 18.2. The first-order chi connectivity index (χ1) is 13.7. The molecule has 3 aromatic carbocycles. The molecular formula is C24H24N2O2. The van der Waals surface area contributed by atoms with Crippen LogP contribution in [0.5, 0.6) is 5.75 Å².